The van der Waals surface area contributed by atoms with E-state index in [-0.39, 0.29) is 5.54 Å². The number of halogens is 2. The molecule has 1 aromatic carbocycles. The fraction of sp³-hybridized carbons (Fsp3) is 0.500. The van der Waals surface area contributed by atoms with E-state index in [9.17, 15) is 0 Å². The van der Waals surface area contributed by atoms with E-state index in [0.717, 1.165) is 23.0 Å². The molecule has 0 aromatic heterocycles. The molecule has 1 aliphatic heterocycles. The Morgan fingerprint density at radius 3 is 2.84 bits per heavy atom. The molecule has 0 amide bonds. The molecule has 19 heavy (non-hydrogen) atoms. The molecule has 1 atom stereocenters. The van der Waals surface area contributed by atoms with Gasteiger partial charge in [-0.2, -0.15) is 0 Å². The van der Waals surface area contributed by atoms with Crippen LogP contribution in [0, 0.1) is 5.92 Å². The highest BCUT2D eigenvalue weighted by atomic mass is 35.5. The number of benzene rings is 1. The first-order valence-corrected chi connectivity index (χ1v) is 7.29. The molecule has 0 spiro atoms. The highest BCUT2D eigenvalue weighted by Gasteiger charge is 2.43. The van der Waals surface area contributed by atoms with Crippen LogP contribution in [0.1, 0.15) is 25.3 Å². The largest absolute Gasteiger partial charge is 0.370 e. The van der Waals surface area contributed by atoms with Crippen LogP contribution in [0.15, 0.2) is 23.2 Å². The first-order valence-electron chi connectivity index (χ1n) is 6.54. The third-order valence-corrected chi connectivity index (χ3v) is 4.63. The van der Waals surface area contributed by atoms with Crippen LogP contribution in [0.25, 0.3) is 0 Å². The Kier molecular flexibility index (Phi) is 3.14. The standard InChI is InChI=1S/C14H17Cl2N3/c1-14(11-6-10(15)4-5-12(11)16)8-18-13(17)19(14)7-9-2-3-9/h4-6,9H,2-3,7-8H2,1H3,(H2,17,18). The lowest BCUT2D eigenvalue weighted by atomic mass is 9.90. The summed E-state index contributed by atoms with van der Waals surface area (Å²) in [6.07, 6.45) is 2.56. The van der Waals surface area contributed by atoms with Crippen LogP contribution in [-0.4, -0.2) is 23.9 Å². The van der Waals surface area contributed by atoms with Crippen LogP contribution in [-0.2, 0) is 5.54 Å². The first-order chi connectivity index (χ1) is 9.00. The lowest BCUT2D eigenvalue weighted by molar-refractivity contribution is 0.217. The molecule has 3 nitrogen and oxygen atoms in total. The summed E-state index contributed by atoms with van der Waals surface area (Å²) in [7, 11) is 0. The number of aliphatic imine (C=N–C) groups is 1. The minimum Gasteiger partial charge on any atom is -0.370 e. The summed E-state index contributed by atoms with van der Waals surface area (Å²) >= 11 is 12.5. The van der Waals surface area contributed by atoms with E-state index in [2.05, 4.69) is 16.8 Å². The topological polar surface area (TPSA) is 41.6 Å². The van der Waals surface area contributed by atoms with Crippen molar-refractivity contribution in [3.05, 3.63) is 33.8 Å². The molecule has 0 radical (unpaired) electrons. The highest BCUT2D eigenvalue weighted by Crippen LogP contribution is 2.41. The SMILES string of the molecule is CC1(c2cc(Cl)ccc2Cl)CN=C(N)N1CC1CC1. The van der Waals surface area contributed by atoms with E-state index < -0.39 is 0 Å². The van der Waals surface area contributed by atoms with Crippen molar-refractivity contribution in [3.63, 3.8) is 0 Å². The zero-order valence-corrected chi connectivity index (χ0v) is 12.4. The quantitative estimate of drug-likeness (QED) is 0.930. The van der Waals surface area contributed by atoms with E-state index in [1.165, 1.54) is 12.8 Å². The molecule has 1 unspecified atom stereocenters. The lowest BCUT2D eigenvalue weighted by Crippen LogP contribution is -2.48. The van der Waals surface area contributed by atoms with E-state index in [0.29, 0.717) is 17.5 Å². The van der Waals surface area contributed by atoms with Gasteiger partial charge in [0.05, 0.1) is 12.1 Å². The normalized spacial score (nSPS) is 26.7. The Balaban J connectivity index is 1.98. The van der Waals surface area contributed by atoms with Crippen LogP contribution in [0.3, 0.4) is 0 Å². The molecule has 1 heterocycles. The van der Waals surface area contributed by atoms with Gasteiger partial charge < -0.3 is 10.6 Å². The number of hydrogen-bond donors (Lipinski definition) is 1. The number of hydrogen-bond acceptors (Lipinski definition) is 3. The van der Waals surface area contributed by atoms with E-state index >= 15 is 0 Å². The predicted octanol–water partition coefficient (Wildman–Crippen LogP) is 3.25. The van der Waals surface area contributed by atoms with Crippen molar-refractivity contribution in [2.75, 3.05) is 13.1 Å². The van der Waals surface area contributed by atoms with Gasteiger partial charge in [0, 0.05) is 16.6 Å². The summed E-state index contributed by atoms with van der Waals surface area (Å²) in [5.74, 6) is 1.36. The van der Waals surface area contributed by atoms with Gasteiger partial charge in [0.1, 0.15) is 0 Å². The van der Waals surface area contributed by atoms with Crippen molar-refractivity contribution < 1.29 is 0 Å². The van der Waals surface area contributed by atoms with Crippen molar-refractivity contribution in [2.45, 2.75) is 25.3 Å². The minimum absolute atomic E-state index is 0.283. The second-order valence-corrected chi connectivity index (χ2v) is 6.47. The highest BCUT2D eigenvalue weighted by molar-refractivity contribution is 6.33. The molecule has 1 aliphatic carbocycles. The van der Waals surface area contributed by atoms with Crippen LogP contribution < -0.4 is 5.73 Å². The van der Waals surface area contributed by atoms with Crippen LogP contribution in [0.5, 0.6) is 0 Å². The summed E-state index contributed by atoms with van der Waals surface area (Å²) in [6, 6.07) is 5.58. The molecule has 2 N–H and O–H groups in total. The molecule has 1 aromatic rings. The third-order valence-electron chi connectivity index (χ3n) is 4.07. The summed E-state index contributed by atoms with van der Waals surface area (Å²) in [5, 5.41) is 1.41. The molecular formula is C14H17Cl2N3. The van der Waals surface area contributed by atoms with Gasteiger partial charge in [-0.1, -0.05) is 23.2 Å². The van der Waals surface area contributed by atoms with Crippen molar-refractivity contribution in [1.29, 1.82) is 0 Å². The maximum atomic E-state index is 6.35. The lowest BCUT2D eigenvalue weighted by Gasteiger charge is -2.37. The van der Waals surface area contributed by atoms with Crippen molar-refractivity contribution in [3.8, 4) is 0 Å². The fourth-order valence-corrected chi connectivity index (χ4v) is 3.15. The van der Waals surface area contributed by atoms with Crippen LogP contribution in [0.4, 0.5) is 0 Å². The molecule has 0 bridgehead atoms. The van der Waals surface area contributed by atoms with E-state index in [4.69, 9.17) is 28.9 Å². The average molecular weight is 298 g/mol. The van der Waals surface area contributed by atoms with E-state index in [1.54, 1.807) is 6.07 Å². The van der Waals surface area contributed by atoms with Crippen molar-refractivity contribution >= 4 is 29.2 Å². The van der Waals surface area contributed by atoms with Gasteiger partial charge in [-0.3, -0.25) is 4.99 Å². The molecule has 1 saturated carbocycles. The van der Waals surface area contributed by atoms with Gasteiger partial charge in [0.25, 0.3) is 0 Å². The Hall–Kier alpha value is -0.930. The first kappa shape index (κ1) is 13.1. The van der Waals surface area contributed by atoms with Gasteiger partial charge in [-0.25, -0.2) is 0 Å². The van der Waals surface area contributed by atoms with Crippen LogP contribution >= 0.6 is 23.2 Å². The summed E-state index contributed by atoms with van der Waals surface area (Å²) < 4.78 is 0. The van der Waals surface area contributed by atoms with Crippen molar-refractivity contribution in [1.82, 2.24) is 4.90 Å². The Morgan fingerprint density at radius 2 is 2.16 bits per heavy atom. The third kappa shape index (κ3) is 2.30. The summed E-state index contributed by atoms with van der Waals surface area (Å²) in [5.41, 5.74) is 6.78. The average Bonchev–Trinajstić information content (AvgIpc) is 3.15. The van der Waals surface area contributed by atoms with Gasteiger partial charge in [-0.15, -0.1) is 0 Å². The molecular weight excluding hydrogens is 281 g/mol. The molecule has 2 aliphatic rings. The minimum atomic E-state index is -0.283. The number of guanidine groups is 1. The summed E-state index contributed by atoms with van der Waals surface area (Å²) in [4.78, 5) is 6.60. The number of rotatable bonds is 3. The summed E-state index contributed by atoms with van der Waals surface area (Å²) in [6.45, 7) is 3.72. The fourth-order valence-electron chi connectivity index (χ4n) is 2.65. The number of nitrogens with two attached hydrogens (primary N) is 1. The monoisotopic (exact) mass is 297 g/mol. The zero-order valence-electron chi connectivity index (χ0n) is 10.9. The second-order valence-electron chi connectivity index (χ2n) is 5.63. The van der Waals surface area contributed by atoms with Gasteiger partial charge >= 0.3 is 0 Å². The predicted molar refractivity (Wildman–Crippen MR) is 79.7 cm³/mol. The molecule has 102 valence electrons. The Bertz CT molecular complexity index is 539. The van der Waals surface area contributed by atoms with Crippen LogP contribution in [0.2, 0.25) is 10.0 Å². The Morgan fingerprint density at radius 1 is 1.42 bits per heavy atom. The molecule has 5 heteroatoms. The molecule has 3 rings (SSSR count). The van der Waals surface area contributed by atoms with E-state index in [1.807, 2.05) is 12.1 Å². The maximum absolute atomic E-state index is 6.35. The molecule has 1 fully saturated rings. The zero-order chi connectivity index (χ0) is 13.6. The number of nitrogens with zero attached hydrogens (tertiary/aromatic N) is 2. The molecule has 0 saturated heterocycles. The van der Waals surface area contributed by atoms with Crippen molar-refractivity contribution in [2.24, 2.45) is 16.6 Å². The maximum Gasteiger partial charge on any atom is 0.192 e. The van der Waals surface area contributed by atoms with Gasteiger partial charge in [0.15, 0.2) is 5.96 Å². The Labute approximate surface area is 123 Å². The smallest absolute Gasteiger partial charge is 0.192 e. The second kappa shape index (κ2) is 4.57. The van der Waals surface area contributed by atoms with Gasteiger partial charge in [0.2, 0.25) is 0 Å². The van der Waals surface area contributed by atoms with Gasteiger partial charge in [-0.05, 0) is 49.4 Å².